The zero-order valence-corrected chi connectivity index (χ0v) is 9.22. The van der Waals surface area contributed by atoms with Crippen molar-refractivity contribution in [3.05, 3.63) is 18.2 Å². The fourth-order valence-electron chi connectivity index (χ4n) is 2.59. The van der Waals surface area contributed by atoms with Crippen molar-refractivity contribution >= 4 is 6.29 Å². The summed E-state index contributed by atoms with van der Waals surface area (Å²) >= 11 is 0. The first kappa shape index (κ1) is 10.4. The molecule has 82 valence electrons. The highest BCUT2D eigenvalue weighted by Crippen LogP contribution is 2.29. The molecule has 1 aliphatic carbocycles. The summed E-state index contributed by atoms with van der Waals surface area (Å²) in [4.78, 5) is 14.7. The first-order chi connectivity index (χ1) is 7.29. The standard InChI is InChI=1S/C12H18N2O/c1-10-3-2-4-11(5-10)7-14-9-13-6-12(14)8-15/h6,8-11H,2-5,7H2,1H3. The van der Waals surface area contributed by atoms with E-state index >= 15 is 0 Å². The van der Waals surface area contributed by atoms with E-state index in [-0.39, 0.29) is 0 Å². The fourth-order valence-corrected chi connectivity index (χ4v) is 2.59. The van der Waals surface area contributed by atoms with Gasteiger partial charge in [0.05, 0.1) is 12.5 Å². The van der Waals surface area contributed by atoms with Crippen LogP contribution in [0.15, 0.2) is 12.5 Å². The molecule has 0 saturated heterocycles. The predicted molar refractivity (Wildman–Crippen MR) is 58.7 cm³/mol. The maximum Gasteiger partial charge on any atom is 0.168 e. The second kappa shape index (κ2) is 4.60. The molecule has 0 aromatic carbocycles. The molecule has 15 heavy (non-hydrogen) atoms. The lowest BCUT2D eigenvalue weighted by Gasteiger charge is -2.27. The number of imidazole rings is 1. The van der Waals surface area contributed by atoms with Gasteiger partial charge in [0.15, 0.2) is 6.29 Å². The molecule has 1 saturated carbocycles. The van der Waals surface area contributed by atoms with Gasteiger partial charge >= 0.3 is 0 Å². The summed E-state index contributed by atoms with van der Waals surface area (Å²) in [7, 11) is 0. The number of carbonyl (C=O) groups excluding carboxylic acids is 1. The van der Waals surface area contributed by atoms with Crippen molar-refractivity contribution in [2.45, 2.75) is 39.2 Å². The first-order valence-corrected chi connectivity index (χ1v) is 5.75. The molecule has 1 aromatic heterocycles. The van der Waals surface area contributed by atoms with Gasteiger partial charge in [0, 0.05) is 6.54 Å². The van der Waals surface area contributed by atoms with Crippen LogP contribution in [0.3, 0.4) is 0 Å². The Morgan fingerprint density at radius 1 is 1.60 bits per heavy atom. The number of hydrogen-bond donors (Lipinski definition) is 0. The Bertz CT molecular complexity index is 332. The summed E-state index contributed by atoms with van der Waals surface area (Å²) in [6.07, 6.45) is 9.57. The van der Waals surface area contributed by atoms with E-state index in [1.807, 2.05) is 4.57 Å². The Morgan fingerprint density at radius 2 is 2.47 bits per heavy atom. The Hall–Kier alpha value is -1.12. The minimum Gasteiger partial charge on any atom is -0.328 e. The van der Waals surface area contributed by atoms with Crippen LogP contribution in [0.1, 0.15) is 43.1 Å². The van der Waals surface area contributed by atoms with Gasteiger partial charge in [0.2, 0.25) is 0 Å². The molecule has 3 heteroatoms. The molecular formula is C12H18N2O. The minimum atomic E-state index is 0.702. The number of hydrogen-bond acceptors (Lipinski definition) is 2. The number of carbonyl (C=O) groups is 1. The van der Waals surface area contributed by atoms with Crippen LogP contribution in [0.2, 0.25) is 0 Å². The Labute approximate surface area is 90.5 Å². The van der Waals surface area contributed by atoms with Crippen molar-refractivity contribution in [3.63, 3.8) is 0 Å². The second-order valence-electron chi connectivity index (χ2n) is 4.73. The molecule has 0 radical (unpaired) electrons. The minimum absolute atomic E-state index is 0.702. The molecule has 1 aliphatic rings. The molecular weight excluding hydrogens is 188 g/mol. The molecule has 2 atom stereocenters. The molecule has 1 heterocycles. The topological polar surface area (TPSA) is 34.9 Å². The van der Waals surface area contributed by atoms with Crippen LogP contribution in [0.5, 0.6) is 0 Å². The van der Waals surface area contributed by atoms with Gasteiger partial charge in [-0.3, -0.25) is 4.79 Å². The van der Waals surface area contributed by atoms with Gasteiger partial charge in [-0.2, -0.15) is 0 Å². The number of aldehydes is 1. The molecule has 1 aromatic rings. The highest BCUT2D eigenvalue weighted by molar-refractivity contribution is 5.71. The van der Waals surface area contributed by atoms with Crippen LogP contribution >= 0.6 is 0 Å². The summed E-state index contributed by atoms with van der Waals surface area (Å²) in [6, 6.07) is 0. The molecule has 1 fully saturated rings. The molecule has 0 spiro atoms. The highest BCUT2D eigenvalue weighted by atomic mass is 16.1. The zero-order chi connectivity index (χ0) is 10.7. The van der Waals surface area contributed by atoms with Gasteiger partial charge in [0.25, 0.3) is 0 Å². The Morgan fingerprint density at radius 3 is 3.20 bits per heavy atom. The molecule has 3 nitrogen and oxygen atoms in total. The number of aromatic nitrogens is 2. The summed E-state index contributed by atoms with van der Waals surface area (Å²) < 4.78 is 1.98. The van der Waals surface area contributed by atoms with E-state index in [2.05, 4.69) is 11.9 Å². The van der Waals surface area contributed by atoms with E-state index in [1.165, 1.54) is 25.7 Å². The van der Waals surface area contributed by atoms with Crippen molar-refractivity contribution < 1.29 is 4.79 Å². The van der Waals surface area contributed by atoms with E-state index in [9.17, 15) is 4.79 Å². The van der Waals surface area contributed by atoms with Crippen molar-refractivity contribution in [1.82, 2.24) is 9.55 Å². The zero-order valence-electron chi connectivity index (χ0n) is 9.22. The van der Waals surface area contributed by atoms with Gasteiger partial charge in [-0.15, -0.1) is 0 Å². The van der Waals surface area contributed by atoms with E-state index < -0.39 is 0 Å². The average molecular weight is 206 g/mol. The summed E-state index contributed by atoms with van der Waals surface area (Å²) in [5, 5.41) is 0. The van der Waals surface area contributed by atoms with Crippen molar-refractivity contribution in [2.75, 3.05) is 0 Å². The van der Waals surface area contributed by atoms with Crippen LogP contribution in [0, 0.1) is 11.8 Å². The van der Waals surface area contributed by atoms with Crippen LogP contribution in [0.4, 0.5) is 0 Å². The van der Waals surface area contributed by atoms with Gasteiger partial charge in [-0.05, 0) is 24.7 Å². The van der Waals surface area contributed by atoms with E-state index in [0.717, 1.165) is 24.7 Å². The third kappa shape index (κ3) is 2.46. The van der Waals surface area contributed by atoms with Crippen LogP contribution < -0.4 is 0 Å². The molecule has 0 N–H and O–H groups in total. The molecule has 0 amide bonds. The Balaban J connectivity index is 1.98. The lowest BCUT2D eigenvalue weighted by molar-refractivity contribution is 0.111. The molecule has 2 unspecified atom stereocenters. The maximum absolute atomic E-state index is 10.7. The second-order valence-corrected chi connectivity index (χ2v) is 4.73. The first-order valence-electron chi connectivity index (χ1n) is 5.75. The summed E-state index contributed by atoms with van der Waals surface area (Å²) in [6.45, 7) is 3.28. The lowest BCUT2D eigenvalue weighted by atomic mass is 9.82. The van der Waals surface area contributed by atoms with E-state index in [1.54, 1.807) is 12.5 Å². The fraction of sp³-hybridized carbons (Fsp3) is 0.667. The predicted octanol–water partition coefficient (Wildman–Crippen LogP) is 2.52. The smallest absolute Gasteiger partial charge is 0.168 e. The largest absolute Gasteiger partial charge is 0.328 e. The monoisotopic (exact) mass is 206 g/mol. The molecule has 0 bridgehead atoms. The van der Waals surface area contributed by atoms with Crippen molar-refractivity contribution in [1.29, 1.82) is 0 Å². The average Bonchev–Trinajstić information content (AvgIpc) is 2.65. The van der Waals surface area contributed by atoms with Crippen molar-refractivity contribution in [3.8, 4) is 0 Å². The van der Waals surface area contributed by atoms with Crippen LogP contribution in [-0.2, 0) is 6.54 Å². The van der Waals surface area contributed by atoms with Crippen LogP contribution in [-0.4, -0.2) is 15.8 Å². The van der Waals surface area contributed by atoms with E-state index in [4.69, 9.17) is 0 Å². The van der Waals surface area contributed by atoms with Gasteiger partial charge in [-0.1, -0.05) is 19.8 Å². The van der Waals surface area contributed by atoms with Gasteiger partial charge in [-0.25, -0.2) is 4.98 Å². The van der Waals surface area contributed by atoms with Crippen molar-refractivity contribution in [2.24, 2.45) is 11.8 Å². The maximum atomic E-state index is 10.7. The molecule has 0 aliphatic heterocycles. The third-order valence-electron chi connectivity index (χ3n) is 3.37. The molecule has 2 rings (SSSR count). The quantitative estimate of drug-likeness (QED) is 0.712. The third-order valence-corrected chi connectivity index (χ3v) is 3.37. The SMILES string of the molecule is CC1CCCC(Cn2cncc2C=O)C1. The highest BCUT2D eigenvalue weighted by Gasteiger charge is 2.19. The number of rotatable bonds is 3. The van der Waals surface area contributed by atoms with Gasteiger partial charge in [0.1, 0.15) is 5.69 Å². The number of nitrogens with zero attached hydrogens (tertiary/aromatic N) is 2. The summed E-state index contributed by atoms with van der Waals surface area (Å²) in [5.74, 6) is 1.56. The van der Waals surface area contributed by atoms with E-state index in [0.29, 0.717) is 5.69 Å². The van der Waals surface area contributed by atoms with Crippen LogP contribution in [0.25, 0.3) is 0 Å². The lowest BCUT2D eigenvalue weighted by Crippen LogP contribution is -2.19. The normalized spacial score (nSPS) is 26.5. The van der Waals surface area contributed by atoms with Gasteiger partial charge < -0.3 is 4.57 Å². The Kier molecular flexibility index (Phi) is 3.19. The summed E-state index contributed by atoms with van der Waals surface area (Å²) in [5.41, 5.74) is 0.702.